The average Bonchev–Trinajstić information content (AvgIpc) is 2.97. The zero-order chi connectivity index (χ0) is 15.1. The van der Waals surface area contributed by atoms with Gasteiger partial charge >= 0.3 is 0 Å². The van der Waals surface area contributed by atoms with E-state index in [1.807, 2.05) is 6.92 Å². The fourth-order valence-corrected chi connectivity index (χ4v) is 2.81. The molecule has 0 unspecified atom stereocenters. The Balaban J connectivity index is 1.91. The van der Waals surface area contributed by atoms with Crippen molar-refractivity contribution in [1.29, 1.82) is 0 Å². The number of anilines is 2. The van der Waals surface area contributed by atoms with Crippen molar-refractivity contribution in [3.63, 3.8) is 0 Å². The molecule has 110 valence electrons. The Hall–Kier alpha value is -2.29. The molecule has 0 saturated heterocycles. The summed E-state index contributed by atoms with van der Waals surface area (Å²) in [5.41, 5.74) is 1.43. The second-order valence-corrected chi connectivity index (χ2v) is 5.79. The predicted octanol–water partition coefficient (Wildman–Crippen LogP) is 0.963. The van der Waals surface area contributed by atoms with Gasteiger partial charge in [-0.2, -0.15) is 5.10 Å². The SMILES string of the molecule is Cc1nnsc1C(=O)Nc1nn(C)c2c1C[C@@H](C)C(=O)N2. The number of carbonyl (C=O) groups excluding carboxylic acids is 2. The van der Waals surface area contributed by atoms with Crippen LogP contribution in [0.25, 0.3) is 0 Å². The molecular weight excluding hydrogens is 292 g/mol. The van der Waals surface area contributed by atoms with E-state index in [1.165, 1.54) is 0 Å². The van der Waals surface area contributed by atoms with Crippen molar-refractivity contribution in [2.75, 3.05) is 10.6 Å². The van der Waals surface area contributed by atoms with E-state index < -0.39 is 0 Å². The van der Waals surface area contributed by atoms with E-state index in [-0.39, 0.29) is 17.7 Å². The third-order valence-electron chi connectivity index (χ3n) is 3.43. The molecule has 3 heterocycles. The summed E-state index contributed by atoms with van der Waals surface area (Å²) < 4.78 is 5.31. The van der Waals surface area contributed by atoms with Gasteiger partial charge in [-0.25, -0.2) is 0 Å². The molecule has 3 rings (SSSR count). The number of rotatable bonds is 2. The quantitative estimate of drug-likeness (QED) is 0.860. The van der Waals surface area contributed by atoms with Crippen molar-refractivity contribution in [1.82, 2.24) is 19.4 Å². The summed E-state index contributed by atoms with van der Waals surface area (Å²) in [5, 5.41) is 13.7. The summed E-state index contributed by atoms with van der Waals surface area (Å²) in [6.45, 7) is 3.57. The molecule has 0 spiro atoms. The van der Waals surface area contributed by atoms with Crippen LogP contribution in [0.15, 0.2) is 0 Å². The molecule has 2 N–H and O–H groups in total. The van der Waals surface area contributed by atoms with Crippen molar-refractivity contribution in [2.24, 2.45) is 13.0 Å². The van der Waals surface area contributed by atoms with Crippen LogP contribution in [0.2, 0.25) is 0 Å². The summed E-state index contributed by atoms with van der Waals surface area (Å²) in [5.74, 6) is 0.632. The predicted molar refractivity (Wildman–Crippen MR) is 77.3 cm³/mol. The topological polar surface area (TPSA) is 102 Å². The first-order chi connectivity index (χ1) is 9.97. The van der Waals surface area contributed by atoms with Gasteiger partial charge in [-0.1, -0.05) is 11.4 Å². The van der Waals surface area contributed by atoms with Gasteiger partial charge in [0.2, 0.25) is 5.91 Å². The lowest BCUT2D eigenvalue weighted by molar-refractivity contribution is -0.119. The largest absolute Gasteiger partial charge is 0.310 e. The Labute approximate surface area is 124 Å². The van der Waals surface area contributed by atoms with Gasteiger partial charge in [-0.3, -0.25) is 14.3 Å². The summed E-state index contributed by atoms with van der Waals surface area (Å²) in [4.78, 5) is 24.4. The molecule has 0 radical (unpaired) electrons. The minimum Gasteiger partial charge on any atom is -0.310 e. The number of fused-ring (bicyclic) bond motifs is 1. The van der Waals surface area contributed by atoms with E-state index in [4.69, 9.17) is 0 Å². The van der Waals surface area contributed by atoms with Gasteiger partial charge < -0.3 is 10.6 Å². The number of nitrogens with zero attached hydrogens (tertiary/aromatic N) is 4. The highest BCUT2D eigenvalue weighted by Crippen LogP contribution is 2.31. The first-order valence-corrected chi connectivity index (χ1v) is 7.21. The van der Waals surface area contributed by atoms with E-state index in [0.29, 0.717) is 28.6 Å². The van der Waals surface area contributed by atoms with Crippen molar-refractivity contribution >= 4 is 35.0 Å². The van der Waals surface area contributed by atoms with Crippen LogP contribution in [0, 0.1) is 12.8 Å². The van der Waals surface area contributed by atoms with Gasteiger partial charge in [0.1, 0.15) is 10.7 Å². The maximum absolute atomic E-state index is 12.2. The van der Waals surface area contributed by atoms with Gasteiger partial charge in [0.05, 0.1) is 5.69 Å². The Morgan fingerprint density at radius 2 is 2.29 bits per heavy atom. The van der Waals surface area contributed by atoms with Gasteiger partial charge in [-0.05, 0) is 24.9 Å². The number of amides is 2. The van der Waals surface area contributed by atoms with E-state index in [1.54, 1.807) is 18.7 Å². The standard InChI is InChI=1S/C12H14N6O2S/c1-5-4-7-9(16-18(3)10(7)14-11(5)19)13-12(20)8-6(2)15-17-21-8/h5H,4H2,1-3H3,(H,14,19)(H,13,16,20)/t5-/m1/s1. The molecule has 1 atom stereocenters. The fourth-order valence-electron chi connectivity index (χ4n) is 2.26. The number of hydrogen-bond acceptors (Lipinski definition) is 6. The molecule has 8 nitrogen and oxygen atoms in total. The van der Waals surface area contributed by atoms with E-state index in [9.17, 15) is 9.59 Å². The lowest BCUT2D eigenvalue weighted by Crippen LogP contribution is -2.28. The minimum absolute atomic E-state index is 0.0362. The zero-order valence-corrected chi connectivity index (χ0v) is 12.6. The second kappa shape index (κ2) is 4.92. The third kappa shape index (κ3) is 2.29. The molecular formula is C12H14N6O2S. The summed E-state index contributed by atoms with van der Waals surface area (Å²) >= 11 is 1.04. The molecule has 2 aromatic heterocycles. The van der Waals surface area contributed by atoms with Crippen molar-refractivity contribution in [2.45, 2.75) is 20.3 Å². The smallest absolute Gasteiger partial charge is 0.270 e. The second-order valence-electron chi connectivity index (χ2n) is 5.04. The van der Waals surface area contributed by atoms with Crippen molar-refractivity contribution < 1.29 is 9.59 Å². The Bertz CT molecular complexity index is 734. The molecule has 0 fully saturated rings. The third-order valence-corrected chi connectivity index (χ3v) is 4.26. The van der Waals surface area contributed by atoms with Crippen LogP contribution in [-0.4, -0.2) is 31.2 Å². The lowest BCUT2D eigenvalue weighted by atomic mass is 9.98. The summed E-state index contributed by atoms with van der Waals surface area (Å²) in [6, 6.07) is 0. The van der Waals surface area contributed by atoms with Gasteiger partial charge in [-0.15, -0.1) is 5.10 Å². The lowest BCUT2D eigenvalue weighted by Gasteiger charge is -2.19. The summed E-state index contributed by atoms with van der Waals surface area (Å²) in [7, 11) is 1.73. The molecule has 1 aliphatic rings. The fraction of sp³-hybridized carbons (Fsp3) is 0.417. The van der Waals surface area contributed by atoms with Gasteiger partial charge in [0, 0.05) is 18.5 Å². The zero-order valence-electron chi connectivity index (χ0n) is 11.8. The molecule has 9 heteroatoms. The molecule has 2 aromatic rings. The van der Waals surface area contributed by atoms with Crippen molar-refractivity contribution in [3.05, 3.63) is 16.1 Å². The van der Waals surface area contributed by atoms with Crippen LogP contribution >= 0.6 is 11.5 Å². The number of nitrogens with one attached hydrogen (secondary N) is 2. The molecule has 21 heavy (non-hydrogen) atoms. The highest BCUT2D eigenvalue weighted by Gasteiger charge is 2.29. The Kier molecular flexibility index (Phi) is 3.20. The van der Waals surface area contributed by atoms with Crippen LogP contribution < -0.4 is 10.6 Å². The van der Waals surface area contributed by atoms with Crippen LogP contribution in [0.4, 0.5) is 11.6 Å². The minimum atomic E-state index is -0.284. The van der Waals surface area contributed by atoms with Crippen LogP contribution in [0.1, 0.15) is 27.9 Å². The Morgan fingerprint density at radius 1 is 1.52 bits per heavy atom. The average molecular weight is 306 g/mol. The van der Waals surface area contributed by atoms with Crippen molar-refractivity contribution in [3.8, 4) is 0 Å². The number of carbonyl (C=O) groups is 2. The number of aromatic nitrogens is 4. The monoisotopic (exact) mass is 306 g/mol. The molecule has 0 aromatic carbocycles. The Morgan fingerprint density at radius 3 is 2.95 bits per heavy atom. The van der Waals surface area contributed by atoms with Crippen LogP contribution in [0.3, 0.4) is 0 Å². The number of aryl methyl sites for hydroxylation is 2. The molecule has 2 amide bonds. The van der Waals surface area contributed by atoms with E-state index in [0.717, 1.165) is 17.1 Å². The highest BCUT2D eigenvalue weighted by molar-refractivity contribution is 7.08. The van der Waals surface area contributed by atoms with Gasteiger partial charge in [0.25, 0.3) is 5.91 Å². The molecule has 0 aliphatic carbocycles. The maximum atomic E-state index is 12.2. The first kappa shape index (κ1) is 13.7. The molecule has 1 aliphatic heterocycles. The van der Waals surface area contributed by atoms with E-state index in [2.05, 4.69) is 25.3 Å². The highest BCUT2D eigenvalue weighted by atomic mass is 32.1. The molecule has 0 bridgehead atoms. The normalized spacial score (nSPS) is 17.3. The maximum Gasteiger partial charge on any atom is 0.270 e. The summed E-state index contributed by atoms with van der Waals surface area (Å²) in [6.07, 6.45) is 0.546. The van der Waals surface area contributed by atoms with Gasteiger partial charge in [0.15, 0.2) is 5.82 Å². The number of hydrogen-bond donors (Lipinski definition) is 2. The van der Waals surface area contributed by atoms with Crippen LogP contribution in [-0.2, 0) is 18.3 Å². The molecule has 0 saturated carbocycles. The first-order valence-electron chi connectivity index (χ1n) is 6.44. The van der Waals surface area contributed by atoms with Crippen LogP contribution in [0.5, 0.6) is 0 Å². The van der Waals surface area contributed by atoms with E-state index >= 15 is 0 Å².